The van der Waals surface area contributed by atoms with Gasteiger partial charge in [-0.25, -0.2) is 0 Å². The normalized spacial score (nSPS) is 25.7. The van der Waals surface area contributed by atoms with E-state index in [-0.39, 0.29) is 17.1 Å². The SMILES string of the molecule is COc1cc(CC2C(C)(C)CC(C)=CC2(O)C[Si](C)(C)C)c(O)cc1Br. The van der Waals surface area contributed by atoms with E-state index in [9.17, 15) is 10.2 Å². The lowest BCUT2D eigenvalue weighted by molar-refractivity contribution is -0.0266. The van der Waals surface area contributed by atoms with Crippen LogP contribution in [0.2, 0.25) is 25.7 Å². The van der Waals surface area contributed by atoms with Crippen LogP contribution in [0.4, 0.5) is 0 Å². The van der Waals surface area contributed by atoms with Gasteiger partial charge in [0, 0.05) is 14.0 Å². The zero-order valence-electron chi connectivity index (χ0n) is 17.1. The van der Waals surface area contributed by atoms with E-state index in [0.29, 0.717) is 12.2 Å². The van der Waals surface area contributed by atoms with Crippen molar-refractivity contribution < 1.29 is 14.9 Å². The molecule has 146 valence electrons. The van der Waals surface area contributed by atoms with Gasteiger partial charge in [-0.05, 0) is 64.9 Å². The molecule has 5 heteroatoms. The molecule has 2 N–H and O–H groups in total. The van der Waals surface area contributed by atoms with Crippen molar-refractivity contribution in [2.24, 2.45) is 11.3 Å². The third-order valence-corrected chi connectivity index (χ3v) is 7.61. The first kappa shape index (κ1) is 21.5. The number of aliphatic hydroxyl groups is 1. The Labute approximate surface area is 167 Å². The lowest BCUT2D eigenvalue weighted by atomic mass is 9.61. The van der Waals surface area contributed by atoms with Gasteiger partial charge in [-0.1, -0.05) is 45.1 Å². The molecule has 3 nitrogen and oxygen atoms in total. The lowest BCUT2D eigenvalue weighted by Gasteiger charge is -2.50. The van der Waals surface area contributed by atoms with E-state index in [1.165, 1.54) is 5.57 Å². The van der Waals surface area contributed by atoms with E-state index in [1.807, 2.05) is 6.07 Å². The number of aromatic hydroxyl groups is 1. The molecule has 0 saturated carbocycles. The van der Waals surface area contributed by atoms with Crippen LogP contribution < -0.4 is 4.74 Å². The highest BCUT2D eigenvalue weighted by Gasteiger charge is 2.49. The van der Waals surface area contributed by atoms with E-state index in [0.717, 1.165) is 22.5 Å². The molecular formula is C21H33BrO3Si. The highest BCUT2D eigenvalue weighted by atomic mass is 79.9. The average molecular weight is 441 g/mol. The van der Waals surface area contributed by atoms with Crippen LogP contribution in [0.15, 0.2) is 28.3 Å². The molecule has 1 aromatic carbocycles. The second-order valence-corrected chi connectivity index (χ2v) is 16.1. The highest BCUT2D eigenvalue weighted by Crippen LogP contribution is 2.50. The van der Waals surface area contributed by atoms with Crippen LogP contribution in [0.1, 0.15) is 32.8 Å². The van der Waals surface area contributed by atoms with Crippen molar-refractivity contribution in [3.05, 3.63) is 33.8 Å². The number of phenolic OH excluding ortho intramolecular Hbond substituents is 1. The summed E-state index contributed by atoms with van der Waals surface area (Å²) in [7, 11) is 0.126. The van der Waals surface area contributed by atoms with Crippen molar-refractivity contribution in [1.29, 1.82) is 0 Å². The first-order valence-corrected chi connectivity index (χ1v) is 13.7. The molecule has 0 heterocycles. The summed E-state index contributed by atoms with van der Waals surface area (Å²) in [5, 5.41) is 22.2. The molecule has 0 aliphatic heterocycles. The summed E-state index contributed by atoms with van der Waals surface area (Å²) in [6.45, 7) is 13.5. The first-order valence-electron chi connectivity index (χ1n) is 9.23. The Balaban J connectivity index is 2.49. The summed E-state index contributed by atoms with van der Waals surface area (Å²) >= 11 is 3.42. The minimum atomic E-state index is -1.50. The molecule has 0 fully saturated rings. The minimum absolute atomic E-state index is 0.0298. The fourth-order valence-electron chi connectivity index (χ4n) is 4.70. The van der Waals surface area contributed by atoms with E-state index < -0.39 is 13.7 Å². The summed E-state index contributed by atoms with van der Waals surface area (Å²) < 4.78 is 6.14. The molecule has 26 heavy (non-hydrogen) atoms. The van der Waals surface area contributed by atoms with Crippen molar-refractivity contribution in [2.75, 3.05) is 7.11 Å². The van der Waals surface area contributed by atoms with Crippen LogP contribution in [-0.2, 0) is 6.42 Å². The predicted octanol–water partition coefficient (Wildman–Crippen LogP) is 5.77. The molecule has 0 radical (unpaired) electrons. The Hall–Kier alpha value is -0.783. The number of hydrogen-bond donors (Lipinski definition) is 2. The fourth-order valence-corrected chi connectivity index (χ4v) is 7.24. The number of hydrogen-bond acceptors (Lipinski definition) is 3. The monoisotopic (exact) mass is 440 g/mol. The Morgan fingerprint density at radius 2 is 1.88 bits per heavy atom. The third kappa shape index (κ3) is 4.73. The van der Waals surface area contributed by atoms with Gasteiger partial charge in [0.15, 0.2) is 0 Å². The van der Waals surface area contributed by atoms with Crippen molar-refractivity contribution >= 4 is 24.0 Å². The highest BCUT2D eigenvalue weighted by molar-refractivity contribution is 9.10. The summed E-state index contributed by atoms with van der Waals surface area (Å²) in [6, 6.07) is 4.39. The Bertz CT molecular complexity index is 706. The van der Waals surface area contributed by atoms with Crippen LogP contribution in [0.25, 0.3) is 0 Å². The predicted molar refractivity (Wildman–Crippen MR) is 115 cm³/mol. The number of methoxy groups -OCH3 is 1. The van der Waals surface area contributed by atoms with E-state index in [1.54, 1.807) is 13.2 Å². The minimum Gasteiger partial charge on any atom is -0.508 e. The molecule has 0 spiro atoms. The number of rotatable bonds is 5. The lowest BCUT2D eigenvalue weighted by Crippen LogP contribution is -2.51. The van der Waals surface area contributed by atoms with Gasteiger partial charge in [0.05, 0.1) is 17.2 Å². The summed E-state index contributed by atoms with van der Waals surface area (Å²) in [5.41, 5.74) is 1.18. The maximum Gasteiger partial charge on any atom is 0.133 e. The van der Waals surface area contributed by atoms with Gasteiger partial charge >= 0.3 is 0 Å². The smallest absolute Gasteiger partial charge is 0.133 e. The molecule has 0 saturated heterocycles. The third-order valence-electron chi connectivity index (χ3n) is 5.37. The number of halogens is 1. The molecule has 1 aromatic rings. The quantitative estimate of drug-likeness (QED) is 0.451. The zero-order chi connectivity index (χ0) is 19.9. The maximum atomic E-state index is 11.7. The van der Waals surface area contributed by atoms with Gasteiger partial charge in [-0.2, -0.15) is 0 Å². The molecule has 1 aliphatic carbocycles. The van der Waals surface area contributed by atoms with Gasteiger partial charge in [-0.3, -0.25) is 0 Å². The van der Waals surface area contributed by atoms with Crippen LogP contribution in [0.3, 0.4) is 0 Å². The van der Waals surface area contributed by atoms with E-state index in [4.69, 9.17) is 4.74 Å². The standard InChI is InChI=1S/C21H33BrO3Si/c1-14-11-20(2,3)19(21(24,12-14)13-26(5,6)7)9-15-8-18(25-4)16(22)10-17(15)23/h8,10,12,19,23-24H,9,11,13H2,1-7H3. The van der Waals surface area contributed by atoms with Crippen molar-refractivity contribution in [3.63, 3.8) is 0 Å². The number of benzene rings is 1. The fraction of sp³-hybridized carbons (Fsp3) is 0.619. The molecule has 1 aliphatic rings. The number of phenols is 1. The van der Waals surface area contributed by atoms with Crippen molar-refractivity contribution in [3.8, 4) is 11.5 Å². The molecular weight excluding hydrogens is 408 g/mol. The van der Waals surface area contributed by atoms with Gasteiger partial charge in [0.25, 0.3) is 0 Å². The molecule has 0 amide bonds. The Kier molecular flexibility index (Phi) is 6.06. The van der Waals surface area contributed by atoms with E-state index in [2.05, 4.69) is 62.4 Å². The number of allylic oxidation sites excluding steroid dienone is 1. The van der Waals surface area contributed by atoms with Gasteiger partial charge in [0.1, 0.15) is 11.5 Å². The second kappa shape index (κ2) is 7.32. The molecule has 0 bridgehead atoms. The second-order valence-electron chi connectivity index (χ2n) is 9.76. The van der Waals surface area contributed by atoms with Crippen molar-refractivity contribution in [2.45, 2.75) is 64.9 Å². The van der Waals surface area contributed by atoms with E-state index >= 15 is 0 Å². The summed E-state index contributed by atoms with van der Waals surface area (Å²) in [4.78, 5) is 0. The van der Waals surface area contributed by atoms with Crippen LogP contribution in [0, 0.1) is 11.3 Å². The van der Waals surface area contributed by atoms with Gasteiger partial charge < -0.3 is 14.9 Å². The van der Waals surface area contributed by atoms with Crippen LogP contribution in [0.5, 0.6) is 11.5 Å². The first-order chi connectivity index (χ1) is 11.8. The maximum absolute atomic E-state index is 11.7. The Morgan fingerprint density at radius 3 is 2.42 bits per heavy atom. The summed E-state index contributed by atoms with van der Waals surface area (Å²) in [5.74, 6) is 0.976. The largest absolute Gasteiger partial charge is 0.508 e. The van der Waals surface area contributed by atoms with Crippen LogP contribution >= 0.6 is 15.9 Å². The molecule has 0 aromatic heterocycles. The van der Waals surface area contributed by atoms with Crippen LogP contribution in [-0.4, -0.2) is 31.0 Å². The molecule has 2 unspecified atom stereocenters. The topological polar surface area (TPSA) is 49.7 Å². The van der Waals surface area contributed by atoms with Crippen molar-refractivity contribution in [1.82, 2.24) is 0 Å². The summed E-state index contributed by atoms with van der Waals surface area (Å²) in [6.07, 6.45) is 3.67. The molecule has 2 atom stereocenters. The Morgan fingerprint density at radius 1 is 1.27 bits per heavy atom. The molecule has 2 rings (SSSR count). The zero-order valence-corrected chi connectivity index (χ0v) is 19.7. The van der Waals surface area contributed by atoms with Gasteiger partial charge in [0.2, 0.25) is 0 Å². The average Bonchev–Trinajstić information content (AvgIpc) is 2.41. The number of ether oxygens (including phenoxy) is 1. The van der Waals surface area contributed by atoms with Gasteiger partial charge in [-0.15, -0.1) is 0 Å².